The molecule has 0 fully saturated rings. The van der Waals surface area contributed by atoms with Crippen LogP contribution in [0, 0.1) is 11.3 Å². The maximum Gasteiger partial charge on any atom is 0.337 e. The average molecular weight is 392 g/mol. The van der Waals surface area contributed by atoms with E-state index in [4.69, 9.17) is 4.74 Å². The fraction of sp³-hybridized carbons (Fsp3) is 0.136. The number of methoxy groups -OCH3 is 2. The zero-order chi connectivity index (χ0) is 21.4. The first-order valence-electron chi connectivity index (χ1n) is 8.55. The van der Waals surface area contributed by atoms with Crippen LogP contribution in [0.5, 0.6) is 11.5 Å². The van der Waals surface area contributed by atoms with Crippen molar-refractivity contribution in [3.8, 4) is 17.6 Å². The molecule has 0 unspecified atom stereocenters. The summed E-state index contributed by atoms with van der Waals surface area (Å²) in [7, 11) is 2.69. The van der Waals surface area contributed by atoms with Crippen LogP contribution >= 0.6 is 0 Å². The smallest absolute Gasteiger partial charge is 0.337 e. The summed E-state index contributed by atoms with van der Waals surface area (Å²) in [5.74, 6) is -0.891. The topological polar surface area (TPSA) is 109 Å². The lowest BCUT2D eigenvalue weighted by molar-refractivity contribution is -0.112. The normalized spacial score (nSPS) is 10.6. The molecule has 7 nitrogen and oxygen atoms in total. The number of anilines is 1. The molecule has 2 aromatic carbocycles. The summed E-state index contributed by atoms with van der Waals surface area (Å²) in [5.41, 5.74) is 1.69. The van der Waals surface area contributed by atoms with Gasteiger partial charge in [0, 0.05) is 11.3 Å². The third-order valence-corrected chi connectivity index (χ3v) is 4.00. The van der Waals surface area contributed by atoms with E-state index in [2.05, 4.69) is 16.6 Å². The lowest BCUT2D eigenvalue weighted by Crippen LogP contribution is -2.13. The predicted octanol–water partition coefficient (Wildman–Crippen LogP) is 3.46. The molecule has 0 aliphatic heterocycles. The third-order valence-electron chi connectivity index (χ3n) is 4.00. The van der Waals surface area contributed by atoms with E-state index < -0.39 is 11.9 Å². The lowest BCUT2D eigenvalue weighted by Gasteiger charge is -2.10. The zero-order valence-corrected chi connectivity index (χ0v) is 16.1. The van der Waals surface area contributed by atoms with Crippen molar-refractivity contribution in [2.24, 2.45) is 0 Å². The Kier molecular flexibility index (Phi) is 7.15. The zero-order valence-electron chi connectivity index (χ0n) is 16.1. The highest BCUT2D eigenvalue weighted by Gasteiger charge is 2.13. The monoisotopic (exact) mass is 392 g/mol. The van der Waals surface area contributed by atoms with E-state index in [9.17, 15) is 20.0 Å². The van der Waals surface area contributed by atoms with Gasteiger partial charge in [-0.1, -0.05) is 6.08 Å². The van der Waals surface area contributed by atoms with E-state index in [1.54, 1.807) is 12.1 Å². The number of nitrogens with one attached hydrogen (secondary N) is 1. The summed E-state index contributed by atoms with van der Waals surface area (Å²) in [6.07, 6.45) is 3.41. The molecule has 0 atom stereocenters. The second kappa shape index (κ2) is 9.76. The number of esters is 1. The third kappa shape index (κ3) is 5.23. The number of aromatic hydroxyl groups is 1. The molecule has 0 aromatic heterocycles. The number of hydrogen-bond acceptors (Lipinski definition) is 6. The van der Waals surface area contributed by atoms with Gasteiger partial charge in [0.15, 0.2) is 11.5 Å². The molecule has 1 amide bonds. The van der Waals surface area contributed by atoms with Crippen molar-refractivity contribution in [1.29, 1.82) is 5.26 Å². The minimum atomic E-state index is -0.615. The maximum atomic E-state index is 12.5. The molecular weight excluding hydrogens is 372 g/mol. The summed E-state index contributed by atoms with van der Waals surface area (Å²) >= 11 is 0. The minimum absolute atomic E-state index is 0.0156. The lowest BCUT2D eigenvalue weighted by atomic mass is 10.0. The largest absolute Gasteiger partial charge is 0.504 e. The van der Waals surface area contributed by atoms with Crippen LogP contribution in [0.25, 0.3) is 6.08 Å². The van der Waals surface area contributed by atoms with Crippen molar-refractivity contribution < 1.29 is 24.2 Å². The molecule has 29 heavy (non-hydrogen) atoms. The predicted molar refractivity (Wildman–Crippen MR) is 109 cm³/mol. The Morgan fingerprint density at radius 3 is 2.48 bits per heavy atom. The molecule has 2 aromatic rings. The molecule has 0 aliphatic carbocycles. The second-order valence-electron chi connectivity index (χ2n) is 5.92. The number of allylic oxidation sites excluding steroid dienone is 1. The van der Waals surface area contributed by atoms with Gasteiger partial charge < -0.3 is 19.9 Å². The van der Waals surface area contributed by atoms with Crippen molar-refractivity contribution in [3.63, 3.8) is 0 Å². The number of hydrogen-bond donors (Lipinski definition) is 2. The van der Waals surface area contributed by atoms with Gasteiger partial charge in [-0.05, 0) is 54.5 Å². The average Bonchev–Trinajstić information content (AvgIpc) is 2.73. The number of phenols is 1. The standard InChI is InChI=1S/C22H20N2O5/c1-4-5-16-10-14(12-19(28-2)20(16)25)11-17(13-23)21(26)24-18-8-6-15(7-9-18)22(27)29-3/h4,6-12,25H,1,5H2,2-3H3,(H,24,26)/b17-11+. The molecular formula is C22H20N2O5. The van der Waals surface area contributed by atoms with Crippen LogP contribution in [0.3, 0.4) is 0 Å². The van der Waals surface area contributed by atoms with Crippen LogP contribution in [0.1, 0.15) is 21.5 Å². The van der Waals surface area contributed by atoms with Gasteiger partial charge in [-0.25, -0.2) is 4.79 Å². The van der Waals surface area contributed by atoms with Gasteiger partial charge in [-0.2, -0.15) is 5.26 Å². The Morgan fingerprint density at radius 2 is 1.93 bits per heavy atom. The maximum absolute atomic E-state index is 12.5. The van der Waals surface area contributed by atoms with Gasteiger partial charge in [0.25, 0.3) is 5.91 Å². The number of nitrogens with zero attached hydrogens (tertiary/aromatic N) is 1. The van der Waals surface area contributed by atoms with Gasteiger partial charge in [0.05, 0.1) is 19.8 Å². The molecule has 7 heteroatoms. The number of benzene rings is 2. The van der Waals surface area contributed by atoms with Gasteiger partial charge in [0.2, 0.25) is 0 Å². The molecule has 2 N–H and O–H groups in total. The minimum Gasteiger partial charge on any atom is -0.504 e. The SMILES string of the molecule is C=CCc1cc(/C=C(\C#N)C(=O)Nc2ccc(C(=O)OC)cc2)cc(OC)c1O. The molecule has 148 valence electrons. The molecule has 0 aliphatic rings. The van der Waals surface area contributed by atoms with E-state index in [0.29, 0.717) is 28.8 Å². The molecule has 0 spiro atoms. The van der Waals surface area contributed by atoms with Crippen LogP contribution in [0.4, 0.5) is 5.69 Å². The highest BCUT2D eigenvalue weighted by molar-refractivity contribution is 6.09. The number of carbonyl (C=O) groups is 2. The molecule has 0 bridgehead atoms. The van der Waals surface area contributed by atoms with E-state index >= 15 is 0 Å². The first-order chi connectivity index (χ1) is 13.9. The van der Waals surface area contributed by atoms with Crippen LogP contribution < -0.4 is 10.1 Å². The Bertz CT molecular complexity index is 1000. The van der Waals surface area contributed by atoms with Crippen LogP contribution in [0.15, 0.2) is 54.6 Å². The summed E-state index contributed by atoms with van der Waals surface area (Å²) in [4.78, 5) is 23.9. The Morgan fingerprint density at radius 1 is 1.24 bits per heavy atom. The Balaban J connectivity index is 2.28. The summed E-state index contributed by atoms with van der Waals surface area (Å²) < 4.78 is 9.77. The van der Waals surface area contributed by atoms with Crippen molar-refractivity contribution >= 4 is 23.6 Å². The van der Waals surface area contributed by atoms with E-state index in [1.807, 2.05) is 6.07 Å². The number of amides is 1. The number of ether oxygens (including phenoxy) is 2. The number of nitriles is 1. The summed E-state index contributed by atoms with van der Waals surface area (Å²) in [5, 5.41) is 22.1. The highest BCUT2D eigenvalue weighted by Crippen LogP contribution is 2.32. The highest BCUT2D eigenvalue weighted by atomic mass is 16.5. The first kappa shape index (κ1) is 21.3. The van der Waals surface area contributed by atoms with Crippen molar-refractivity contribution in [1.82, 2.24) is 0 Å². The summed E-state index contributed by atoms with van der Waals surface area (Å²) in [6.45, 7) is 3.64. The van der Waals surface area contributed by atoms with Gasteiger partial charge in [0.1, 0.15) is 11.6 Å². The van der Waals surface area contributed by atoms with Gasteiger partial charge in [-0.3, -0.25) is 4.79 Å². The fourth-order valence-corrected chi connectivity index (χ4v) is 2.56. The second-order valence-corrected chi connectivity index (χ2v) is 5.92. The van der Waals surface area contributed by atoms with Crippen molar-refractivity contribution in [2.75, 3.05) is 19.5 Å². The quantitative estimate of drug-likeness (QED) is 0.323. The fourth-order valence-electron chi connectivity index (χ4n) is 2.56. The van der Waals surface area contributed by atoms with Gasteiger partial charge in [-0.15, -0.1) is 6.58 Å². The van der Waals surface area contributed by atoms with Crippen LogP contribution in [-0.2, 0) is 16.0 Å². The Labute approximate surface area is 168 Å². The number of carbonyl (C=O) groups excluding carboxylic acids is 2. The van der Waals surface area contributed by atoms with Gasteiger partial charge >= 0.3 is 5.97 Å². The number of phenolic OH excluding ortho intramolecular Hbond substituents is 1. The Hall–Kier alpha value is -4.05. The van der Waals surface area contributed by atoms with Crippen LogP contribution in [0.2, 0.25) is 0 Å². The molecule has 0 saturated heterocycles. The van der Waals surface area contributed by atoms with Crippen molar-refractivity contribution in [2.45, 2.75) is 6.42 Å². The van der Waals surface area contributed by atoms with Crippen molar-refractivity contribution in [3.05, 3.63) is 71.3 Å². The molecule has 2 rings (SSSR count). The van der Waals surface area contributed by atoms with E-state index in [-0.39, 0.29) is 17.1 Å². The van der Waals surface area contributed by atoms with E-state index in [0.717, 1.165) is 0 Å². The molecule has 0 saturated carbocycles. The number of rotatable bonds is 7. The molecule has 0 radical (unpaired) electrons. The molecule has 0 heterocycles. The van der Waals surface area contributed by atoms with E-state index in [1.165, 1.54) is 50.6 Å². The first-order valence-corrected chi connectivity index (χ1v) is 8.55. The van der Waals surface area contributed by atoms with Crippen LogP contribution in [-0.4, -0.2) is 31.2 Å². The summed E-state index contributed by atoms with van der Waals surface area (Å²) in [6, 6.07) is 11.1.